The lowest BCUT2D eigenvalue weighted by atomic mass is 9.93. The quantitative estimate of drug-likeness (QED) is 0.815. The molecule has 1 aromatic rings. The Kier molecular flexibility index (Phi) is 7.31. The molecule has 6 nitrogen and oxygen atoms in total. The van der Waals surface area contributed by atoms with Gasteiger partial charge in [-0.3, -0.25) is 9.59 Å². The number of nitrogens with one attached hydrogen (secondary N) is 1. The number of ether oxygens (including phenoxy) is 1. The van der Waals surface area contributed by atoms with Crippen LogP contribution in [-0.4, -0.2) is 56.1 Å². The van der Waals surface area contributed by atoms with Gasteiger partial charge in [-0.1, -0.05) is 26.0 Å². The molecule has 0 aromatic heterocycles. The number of nitrogens with zero attached hydrogens (tertiary/aromatic N) is 2. The van der Waals surface area contributed by atoms with Gasteiger partial charge in [0, 0.05) is 38.0 Å². The van der Waals surface area contributed by atoms with E-state index in [1.807, 2.05) is 23.1 Å². The van der Waals surface area contributed by atoms with Gasteiger partial charge in [0.1, 0.15) is 0 Å². The highest BCUT2D eigenvalue weighted by Crippen LogP contribution is 2.28. The maximum atomic E-state index is 12.9. The molecule has 2 heterocycles. The highest BCUT2D eigenvalue weighted by atomic mass is 16.5. The summed E-state index contributed by atoms with van der Waals surface area (Å²) in [4.78, 5) is 29.6. The molecule has 1 N–H and O–H groups in total. The van der Waals surface area contributed by atoms with E-state index in [1.165, 1.54) is 0 Å². The van der Waals surface area contributed by atoms with Gasteiger partial charge in [0.15, 0.2) is 0 Å². The molecular formula is C22H33N3O3. The van der Waals surface area contributed by atoms with Crippen molar-refractivity contribution >= 4 is 23.2 Å². The van der Waals surface area contributed by atoms with Crippen molar-refractivity contribution in [1.29, 1.82) is 0 Å². The van der Waals surface area contributed by atoms with Crippen molar-refractivity contribution in [3.63, 3.8) is 0 Å². The smallest absolute Gasteiger partial charge is 0.227 e. The average molecular weight is 388 g/mol. The largest absolute Gasteiger partial charge is 0.378 e. The molecule has 0 saturated carbocycles. The predicted octanol–water partition coefficient (Wildman–Crippen LogP) is 3.14. The van der Waals surface area contributed by atoms with Gasteiger partial charge in [0.2, 0.25) is 11.8 Å². The zero-order valence-electron chi connectivity index (χ0n) is 17.2. The number of hydrogen-bond acceptors (Lipinski definition) is 4. The van der Waals surface area contributed by atoms with Crippen LogP contribution < -0.4 is 10.2 Å². The summed E-state index contributed by atoms with van der Waals surface area (Å²) in [6, 6.07) is 7.98. The SMILES string of the molecule is CCC(CC)C(=O)N1CCC(C(=O)Nc2ccccc2N2CCOCC2)CC1. The van der Waals surface area contributed by atoms with Crippen molar-refractivity contribution in [2.24, 2.45) is 11.8 Å². The Hall–Kier alpha value is -2.08. The Morgan fingerprint density at radius 3 is 2.36 bits per heavy atom. The number of carbonyl (C=O) groups excluding carboxylic acids is 2. The number of para-hydroxylation sites is 2. The summed E-state index contributed by atoms with van der Waals surface area (Å²) < 4.78 is 5.44. The van der Waals surface area contributed by atoms with Gasteiger partial charge >= 0.3 is 0 Å². The van der Waals surface area contributed by atoms with E-state index >= 15 is 0 Å². The van der Waals surface area contributed by atoms with E-state index in [-0.39, 0.29) is 23.7 Å². The molecule has 0 unspecified atom stereocenters. The highest BCUT2D eigenvalue weighted by molar-refractivity contribution is 5.96. The third kappa shape index (κ3) is 4.85. The fourth-order valence-electron chi connectivity index (χ4n) is 4.15. The van der Waals surface area contributed by atoms with Gasteiger partial charge in [-0.25, -0.2) is 0 Å². The number of likely N-dealkylation sites (tertiary alicyclic amines) is 1. The monoisotopic (exact) mass is 387 g/mol. The topological polar surface area (TPSA) is 61.9 Å². The molecule has 0 radical (unpaired) electrons. The molecule has 0 atom stereocenters. The van der Waals surface area contributed by atoms with E-state index in [1.54, 1.807) is 0 Å². The first kappa shape index (κ1) is 20.6. The maximum Gasteiger partial charge on any atom is 0.227 e. The van der Waals surface area contributed by atoms with Crippen LogP contribution in [0.15, 0.2) is 24.3 Å². The van der Waals surface area contributed by atoms with Crippen LogP contribution in [0, 0.1) is 11.8 Å². The predicted molar refractivity (Wildman–Crippen MR) is 111 cm³/mol. The van der Waals surface area contributed by atoms with E-state index in [0.717, 1.165) is 50.1 Å². The number of rotatable bonds is 6. The number of hydrogen-bond donors (Lipinski definition) is 1. The molecular weight excluding hydrogens is 354 g/mol. The van der Waals surface area contributed by atoms with Crippen molar-refractivity contribution in [1.82, 2.24) is 4.90 Å². The summed E-state index contributed by atoms with van der Waals surface area (Å²) in [5.41, 5.74) is 1.92. The molecule has 2 aliphatic rings. The zero-order valence-corrected chi connectivity index (χ0v) is 17.2. The lowest BCUT2D eigenvalue weighted by Crippen LogP contribution is -2.44. The Bertz CT molecular complexity index is 661. The summed E-state index contributed by atoms with van der Waals surface area (Å²) >= 11 is 0. The number of anilines is 2. The van der Waals surface area contributed by atoms with Crippen molar-refractivity contribution in [2.75, 3.05) is 49.6 Å². The van der Waals surface area contributed by atoms with Crippen LogP contribution in [0.1, 0.15) is 39.5 Å². The molecule has 0 spiro atoms. The molecule has 3 rings (SSSR count). The van der Waals surface area contributed by atoms with Gasteiger partial charge < -0.3 is 19.9 Å². The van der Waals surface area contributed by atoms with Crippen molar-refractivity contribution in [3.05, 3.63) is 24.3 Å². The second kappa shape index (κ2) is 9.92. The van der Waals surface area contributed by atoms with Gasteiger partial charge in [-0.2, -0.15) is 0 Å². The fourth-order valence-corrected chi connectivity index (χ4v) is 4.15. The summed E-state index contributed by atoms with van der Waals surface area (Å²) in [5, 5.41) is 3.14. The molecule has 0 bridgehead atoms. The summed E-state index contributed by atoms with van der Waals surface area (Å²) in [6.07, 6.45) is 3.23. The van der Waals surface area contributed by atoms with E-state index in [0.29, 0.717) is 26.3 Å². The van der Waals surface area contributed by atoms with Gasteiger partial charge in [0.05, 0.1) is 24.6 Å². The van der Waals surface area contributed by atoms with Gasteiger partial charge in [0.25, 0.3) is 0 Å². The van der Waals surface area contributed by atoms with E-state index in [2.05, 4.69) is 30.1 Å². The number of amides is 2. The number of carbonyl (C=O) groups is 2. The van der Waals surface area contributed by atoms with E-state index in [9.17, 15) is 9.59 Å². The van der Waals surface area contributed by atoms with Crippen LogP contribution >= 0.6 is 0 Å². The van der Waals surface area contributed by atoms with Gasteiger partial charge in [-0.15, -0.1) is 0 Å². The lowest BCUT2D eigenvalue weighted by Gasteiger charge is -2.34. The molecule has 2 fully saturated rings. The standard InChI is InChI=1S/C22H33N3O3/c1-3-17(4-2)22(27)25-11-9-18(10-12-25)21(26)23-19-7-5-6-8-20(19)24-13-15-28-16-14-24/h5-8,17-18H,3-4,9-16H2,1-2H3,(H,23,26). The van der Waals surface area contributed by atoms with Crippen LogP contribution in [0.25, 0.3) is 0 Å². The minimum Gasteiger partial charge on any atom is -0.378 e. The molecule has 2 aliphatic heterocycles. The highest BCUT2D eigenvalue weighted by Gasteiger charge is 2.30. The minimum absolute atomic E-state index is 0.0384. The molecule has 2 saturated heterocycles. The molecule has 2 amide bonds. The maximum absolute atomic E-state index is 12.9. The Morgan fingerprint density at radius 2 is 1.71 bits per heavy atom. The zero-order chi connectivity index (χ0) is 19.9. The first-order valence-electron chi connectivity index (χ1n) is 10.6. The molecule has 6 heteroatoms. The summed E-state index contributed by atoms with van der Waals surface area (Å²) in [5.74, 6) is 0.395. The van der Waals surface area contributed by atoms with Crippen molar-refractivity contribution in [3.8, 4) is 0 Å². The Balaban J connectivity index is 1.57. The Morgan fingerprint density at radius 1 is 1.07 bits per heavy atom. The fraction of sp³-hybridized carbons (Fsp3) is 0.636. The molecule has 28 heavy (non-hydrogen) atoms. The van der Waals surface area contributed by atoms with Crippen molar-refractivity contribution < 1.29 is 14.3 Å². The van der Waals surface area contributed by atoms with Crippen molar-refractivity contribution in [2.45, 2.75) is 39.5 Å². The third-order valence-electron chi connectivity index (χ3n) is 6.03. The number of piperidine rings is 1. The lowest BCUT2D eigenvalue weighted by molar-refractivity contribution is -0.138. The average Bonchev–Trinajstić information content (AvgIpc) is 2.75. The number of morpholine rings is 1. The number of benzene rings is 1. The van der Waals surface area contributed by atoms with Crippen LogP contribution in [0.5, 0.6) is 0 Å². The van der Waals surface area contributed by atoms with Crippen LogP contribution in [0.2, 0.25) is 0 Å². The summed E-state index contributed by atoms with van der Waals surface area (Å²) in [7, 11) is 0. The van der Waals surface area contributed by atoms with Gasteiger partial charge in [-0.05, 0) is 37.8 Å². The third-order valence-corrected chi connectivity index (χ3v) is 6.03. The normalized spacial score (nSPS) is 18.4. The van der Waals surface area contributed by atoms with Crippen LogP contribution in [0.3, 0.4) is 0 Å². The van der Waals surface area contributed by atoms with E-state index in [4.69, 9.17) is 4.74 Å². The first-order chi connectivity index (χ1) is 13.6. The Labute approximate surface area is 168 Å². The second-order valence-corrected chi connectivity index (χ2v) is 7.72. The summed E-state index contributed by atoms with van der Waals surface area (Å²) in [6.45, 7) is 8.59. The first-order valence-corrected chi connectivity index (χ1v) is 10.6. The molecule has 154 valence electrons. The van der Waals surface area contributed by atoms with Crippen LogP contribution in [0.4, 0.5) is 11.4 Å². The van der Waals surface area contributed by atoms with E-state index < -0.39 is 0 Å². The molecule has 0 aliphatic carbocycles. The molecule has 1 aromatic carbocycles. The minimum atomic E-state index is -0.0384. The van der Waals surface area contributed by atoms with Crippen LogP contribution in [-0.2, 0) is 14.3 Å². The second-order valence-electron chi connectivity index (χ2n) is 7.72.